The summed E-state index contributed by atoms with van der Waals surface area (Å²) in [4.78, 5) is 0. The van der Waals surface area contributed by atoms with Crippen LogP contribution >= 0.6 is 0 Å². The largest absolute Gasteiger partial charge is 0.314 e. The SMILES string of the molecule is CCCC(C)C1(C)CCC(NCC)C1. The molecule has 1 rings (SSSR count). The highest BCUT2D eigenvalue weighted by atomic mass is 14.9. The molecule has 1 nitrogen and oxygen atoms in total. The van der Waals surface area contributed by atoms with Gasteiger partial charge in [0.1, 0.15) is 0 Å². The van der Waals surface area contributed by atoms with Crippen molar-refractivity contribution in [2.24, 2.45) is 11.3 Å². The van der Waals surface area contributed by atoms with Gasteiger partial charge in [0.05, 0.1) is 0 Å². The van der Waals surface area contributed by atoms with Gasteiger partial charge in [-0.25, -0.2) is 0 Å². The Morgan fingerprint density at radius 1 is 1.43 bits per heavy atom. The molecule has 84 valence electrons. The van der Waals surface area contributed by atoms with Gasteiger partial charge in [0.15, 0.2) is 0 Å². The van der Waals surface area contributed by atoms with E-state index in [1.165, 1.54) is 32.1 Å². The van der Waals surface area contributed by atoms with E-state index in [-0.39, 0.29) is 0 Å². The van der Waals surface area contributed by atoms with Crippen LogP contribution in [0.3, 0.4) is 0 Å². The second kappa shape index (κ2) is 5.16. The molecule has 0 spiro atoms. The summed E-state index contributed by atoms with van der Waals surface area (Å²) >= 11 is 0. The van der Waals surface area contributed by atoms with Gasteiger partial charge in [-0.2, -0.15) is 0 Å². The van der Waals surface area contributed by atoms with E-state index in [9.17, 15) is 0 Å². The summed E-state index contributed by atoms with van der Waals surface area (Å²) in [6.45, 7) is 10.6. The Morgan fingerprint density at radius 3 is 2.71 bits per heavy atom. The van der Waals surface area contributed by atoms with Gasteiger partial charge < -0.3 is 5.32 Å². The molecule has 1 N–H and O–H groups in total. The van der Waals surface area contributed by atoms with Crippen LogP contribution in [0.1, 0.15) is 59.8 Å². The van der Waals surface area contributed by atoms with E-state index < -0.39 is 0 Å². The molecular formula is C13H27N. The predicted octanol–water partition coefficient (Wildman–Crippen LogP) is 3.59. The van der Waals surface area contributed by atoms with Crippen LogP contribution in [0.15, 0.2) is 0 Å². The summed E-state index contributed by atoms with van der Waals surface area (Å²) in [5.74, 6) is 0.899. The van der Waals surface area contributed by atoms with Crippen molar-refractivity contribution in [1.29, 1.82) is 0 Å². The van der Waals surface area contributed by atoms with Crippen LogP contribution in [-0.2, 0) is 0 Å². The van der Waals surface area contributed by atoms with Crippen LogP contribution in [0.25, 0.3) is 0 Å². The number of hydrogen-bond donors (Lipinski definition) is 1. The maximum atomic E-state index is 3.60. The Bertz CT molecular complexity index is 167. The number of hydrogen-bond acceptors (Lipinski definition) is 1. The Hall–Kier alpha value is -0.0400. The molecule has 0 aromatic carbocycles. The van der Waals surface area contributed by atoms with Crippen molar-refractivity contribution in [2.75, 3.05) is 6.54 Å². The summed E-state index contributed by atoms with van der Waals surface area (Å²) in [7, 11) is 0. The van der Waals surface area contributed by atoms with Gasteiger partial charge in [-0.05, 0) is 37.1 Å². The van der Waals surface area contributed by atoms with E-state index in [4.69, 9.17) is 0 Å². The molecular weight excluding hydrogens is 170 g/mol. The highest BCUT2D eigenvalue weighted by Crippen LogP contribution is 2.45. The van der Waals surface area contributed by atoms with Crippen molar-refractivity contribution >= 4 is 0 Å². The lowest BCUT2D eigenvalue weighted by Crippen LogP contribution is -2.29. The fourth-order valence-corrected chi connectivity index (χ4v) is 2.96. The number of rotatable bonds is 5. The maximum Gasteiger partial charge on any atom is 0.00724 e. The molecule has 0 bridgehead atoms. The van der Waals surface area contributed by atoms with Gasteiger partial charge in [0.2, 0.25) is 0 Å². The van der Waals surface area contributed by atoms with Gasteiger partial charge in [-0.1, -0.05) is 40.5 Å². The molecule has 1 aliphatic carbocycles. The van der Waals surface area contributed by atoms with Crippen molar-refractivity contribution in [3.05, 3.63) is 0 Å². The minimum Gasteiger partial charge on any atom is -0.314 e. The van der Waals surface area contributed by atoms with Crippen molar-refractivity contribution < 1.29 is 0 Å². The molecule has 1 heteroatoms. The minimum absolute atomic E-state index is 0.614. The van der Waals surface area contributed by atoms with Gasteiger partial charge in [-0.3, -0.25) is 0 Å². The van der Waals surface area contributed by atoms with Crippen LogP contribution in [-0.4, -0.2) is 12.6 Å². The van der Waals surface area contributed by atoms with Crippen molar-refractivity contribution in [3.8, 4) is 0 Å². The molecule has 1 aliphatic rings. The number of nitrogens with one attached hydrogen (secondary N) is 1. The minimum atomic E-state index is 0.614. The predicted molar refractivity (Wildman–Crippen MR) is 63.5 cm³/mol. The van der Waals surface area contributed by atoms with E-state index >= 15 is 0 Å². The average Bonchev–Trinajstić information content (AvgIpc) is 2.50. The summed E-state index contributed by atoms with van der Waals surface area (Å²) in [6, 6.07) is 0.796. The molecule has 0 amide bonds. The molecule has 0 aliphatic heterocycles. The summed E-state index contributed by atoms with van der Waals surface area (Å²) in [6.07, 6.45) is 6.93. The Kier molecular flexibility index (Phi) is 4.43. The standard InChI is InChI=1S/C13H27N/c1-5-7-11(3)13(4)9-8-12(10-13)14-6-2/h11-12,14H,5-10H2,1-4H3. The van der Waals surface area contributed by atoms with E-state index in [0.29, 0.717) is 5.41 Å². The lowest BCUT2D eigenvalue weighted by atomic mass is 9.74. The third-order valence-electron chi connectivity index (χ3n) is 4.18. The maximum absolute atomic E-state index is 3.60. The lowest BCUT2D eigenvalue weighted by molar-refractivity contribution is 0.192. The summed E-state index contributed by atoms with van der Waals surface area (Å²) in [5, 5.41) is 3.60. The van der Waals surface area contributed by atoms with Crippen LogP contribution < -0.4 is 5.32 Å². The van der Waals surface area contributed by atoms with Crippen LogP contribution in [0.2, 0.25) is 0 Å². The normalized spacial score (nSPS) is 34.7. The highest BCUT2D eigenvalue weighted by molar-refractivity contribution is 4.92. The Labute approximate surface area is 89.7 Å². The van der Waals surface area contributed by atoms with E-state index in [1.807, 2.05) is 0 Å². The molecule has 1 saturated carbocycles. The van der Waals surface area contributed by atoms with Gasteiger partial charge >= 0.3 is 0 Å². The zero-order chi connectivity index (χ0) is 10.6. The third kappa shape index (κ3) is 2.73. The van der Waals surface area contributed by atoms with Crippen molar-refractivity contribution in [2.45, 2.75) is 65.8 Å². The zero-order valence-electron chi connectivity index (χ0n) is 10.4. The summed E-state index contributed by atoms with van der Waals surface area (Å²) in [5.41, 5.74) is 0.614. The van der Waals surface area contributed by atoms with Gasteiger partial charge in [0.25, 0.3) is 0 Å². The van der Waals surface area contributed by atoms with Crippen LogP contribution in [0, 0.1) is 11.3 Å². The van der Waals surface area contributed by atoms with Gasteiger partial charge in [-0.15, -0.1) is 0 Å². The smallest absolute Gasteiger partial charge is 0.00724 e. The first-order valence-corrected chi connectivity index (χ1v) is 6.35. The fraction of sp³-hybridized carbons (Fsp3) is 1.00. The molecule has 1 fully saturated rings. The molecule has 3 unspecified atom stereocenters. The topological polar surface area (TPSA) is 12.0 Å². The van der Waals surface area contributed by atoms with Crippen molar-refractivity contribution in [1.82, 2.24) is 5.32 Å². The molecule has 0 saturated heterocycles. The van der Waals surface area contributed by atoms with E-state index in [2.05, 4.69) is 33.0 Å². The fourth-order valence-electron chi connectivity index (χ4n) is 2.96. The lowest BCUT2D eigenvalue weighted by Gasteiger charge is -2.31. The first-order chi connectivity index (χ1) is 6.62. The molecule has 14 heavy (non-hydrogen) atoms. The third-order valence-corrected chi connectivity index (χ3v) is 4.18. The molecule has 0 radical (unpaired) electrons. The zero-order valence-corrected chi connectivity index (χ0v) is 10.4. The summed E-state index contributed by atoms with van der Waals surface area (Å²) < 4.78 is 0. The average molecular weight is 197 g/mol. The Morgan fingerprint density at radius 2 is 2.14 bits per heavy atom. The van der Waals surface area contributed by atoms with Crippen LogP contribution in [0.4, 0.5) is 0 Å². The van der Waals surface area contributed by atoms with Crippen molar-refractivity contribution in [3.63, 3.8) is 0 Å². The Balaban J connectivity index is 2.43. The van der Waals surface area contributed by atoms with Crippen LogP contribution in [0.5, 0.6) is 0 Å². The molecule has 0 aromatic heterocycles. The molecule has 3 atom stereocenters. The van der Waals surface area contributed by atoms with Gasteiger partial charge in [0, 0.05) is 6.04 Å². The van der Waals surface area contributed by atoms with E-state index in [0.717, 1.165) is 18.5 Å². The molecule has 0 heterocycles. The molecule has 0 aromatic rings. The monoisotopic (exact) mass is 197 g/mol. The first kappa shape index (κ1) is 12.0. The van der Waals surface area contributed by atoms with E-state index in [1.54, 1.807) is 0 Å². The first-order valence-electron chi connectivity index (χ1n) is 6.35. The highest BCUT2D eigenvalue weighted by Gasteiger charge is 2.38. The second-order valence-corrected chi connectivity index (χ2v) is 5.34. The quantitative estimate of drug-likeness (QED) is 0.710. The second-order valence-electron chi connectivity index (χ2n) is 5.34.